The average Bonchev–Trinajstić information content (AvgIpc) is 2.02. The molecule has 0 spiro atoms. The molecular formula is C7H4BrF2NO3. The summed E-state index contributed by atoms with van der Waals surface area (Å²) < 4.78 is 24.1. The van der Waals surface area contributed by atoms with Gasteiger partial charge >= 0.3 is 5.97 Å². The van der Waals surface area contributed by atoms with Crippen molar-refractivity contribution in [1.82, 2.24) is 4.98 Å². The summed E-state index contributed by atoms with van der Waals surface area (Å²) >= 11 is 2.65. The van der Waals surface area contributed by atoms with E-state index in [1.54, 1.807) is 0 Å². The van der Waals surface area contributed by atoms with E-state index in [4.69, 9.17) is 10.2 Å². The third-order valence-electron chi connectivity index (χ3n) is 1.45. The molecule has 1 aromatic rings. The van der Waals surface area contributed by atoms with E-state index in [2.05, 4.69) is 20.9 Å². The van der Waals surface area contributed by atoms with Gasteiger partial charge in [0.1, 0.15) is 17.0 Å². The Balaban J connectivity index is 3.41. The lowest BCUT2D eigenvalue weighted by Gasteiger charge is -2.06. The van der Waals surface area contributed by atoms with Gasteiger partial charge in [0.2, 0.25) is 0 Å². The number of carboxylic acid groups (broad SMARTS) is 1. The molecule has 0 saturated carbocycles. The van der Waals surface area contributed by atoms with Crippen LogP contribution in [-0.2, 0) is 0 Å². The SMILES string of the molecule is O=C(O)c1c(O)cnc(C(F)F)c1Br. The number of aromatic hydroxyl groups is 1. The van der Waals surface area contributed by atoms with E-state index in [0.717, 1.165) is 0 Å². The van der Waals surface area contributed by atoms with Crippen molar-refractivity contribution in [3.63, 3.8) is 0 Å². The third kappa shape index (κ3) is 1.82. The Morgan fingerprint density at radius 2 is 2.14 bits per heavy atom. The van der Waals surface area contributed by atoms with Crippen LogP contribution >= 0.6 is 15.9 Å². The van der Waals surface area contributed by atoms with Crippen molar-refractivity contribution < 1.29 is 23.8 Å². The standard InChI is InChI=1S/C7H4BrF2NO3/c8-4-3(7(13)14)2(12)1-11-5(4)6(9)10/h1,6,12H,(H,13,14). The highest BCUT2D eigenvalue weighted by atomic mass is 79.9. The third-order valence-corrected chi connectivity index (χ3v) is 2.25. The maximum Gasteiger partial charge on any atom is 0.340 e. The van der Waals surface area contributed by atoms with Gasteiger partial charge in [0.25, 0.3) is 6.43 Å². The van der Waals surface area contributed by atoms with Crippen LogP contribution in [-0.4, -0.2) is 21.2 Å². The lowest BCUT2D eigenvalue weighted by molar-refractivity contribution is 0.0691. The van der Waals surface area contributed by atoms with Crippen LogP contribution in [0.2, 0.25) is 0 Å². The maximum atomic E-state index is 12.2. The lowest BCUT2D eigenvalue weighted by atomic mass is 10.2. The number of nitrogens with zero attached hydrogens (tertiary/aromatic N) is 1. The molecule has 0 atom stereocenters. The van der Waals surface area contributed by atoms with E-state index in [1.807, 2.05) is 0 Å². The zero-order valence-electron chi connectivity index (χ0n) is 6.54. The average molecular weight is 268 g/mol. The Kier molecular flexibility index (Phi) is 3.00. The predicted molar refractivity (Wildman–Crippen MR) is 45.5 cm³/mol. The summed E-state index contributed by atoms with van der Waals surface area (Å²) in [4.78, 5) is 13.8. The van der Waals surface area contributed by atoms with Crippen molar-refractivity contribution in [2.75, 3.05) is 0 Å². The molecule has 0 saturated heterocycles. The molecule has 1 rings (SSSR count). The van der Waals surface area contributed by atoms with E-state index < -0.39 is 33.9 Å². The molecule has 0 amide bonds. The van der Waals surface area contributed by atoms with Gasteiger partial charge in [-0.2, -0.15) is 0 Å². The van der Waals surface area contributed by atoms with Gasteiger partial charge < -0.3 is 10.2 Å². The van der Waals surface area contributed by atoms with Gasteiger partial charge in [0.15, 0.2) is 0 Å². The maximum absolute atomic E-state index is 12.2. The second kappa shape index (κ2) is 3.87. The van der Waals surface area contributed by atoms with Gasteiger partial charge in [-0.05, 0) is 15.9 Å². The molecule has 1 aromatic heterocycles. The van der Waals surface area contributed by atoms with Gasteiger partial charge in [-0.1, -0.05) is 0 Å². The molecule has 0 aliphatic heterocycles. The van der Waals surface area contributed by atoms with Crippen molar-refractivity contribution in [3.05, 3.63) is 21.9 Å². The number of halogens is 3. The van der Waals surface area contributed by atoms with Crippen LogP contribution < -0.4 is 0 Å². The van der Waals surface area contributed by atoms with Gasteiger partial charge in [0.05, 0.1) is 10.7 Å². The quantitative estimate of drug-likeness (QED) is 0.862. The Morgan fingerprint density at radius 3 is 2.57 bits per heavy atom. The largest absolute Gasteiger partial charge is 0.505 e. The van der Waals surface area contributed by atoms with Crippen LogP contribution in [0.25, 0.3) is 0 Å². The second-order valence-electron chi connectivity index (χ2n) is 2.32. The Morgan fingerprint density at radius 1 is 1.57 bits per heavy atom. The molecule has 0 aliphatic carbocycles. The molecule has 1 heterocycles. The van der Waals surface area contributed by atoms with Gasteiger partial charge in [0, 0.05) is 0 Å². The fourth-order valence-electron chi connectivity index (χ4n) is 0.848. The number of carbonyl (C=O) groups is 1. The monoisotopic (exact) mass is 267 g/mol. The first kappa shape index (κ1) is 10.8. The fraction of sp³-hybridized carbons (Fsp3) is 0.143. The summed E-state index contributed by atoms with van der Waals surface area (Å²) in [6.07, 6.45) is -2.22. The summed E-state index contributed by atoms with van der Waals surface area (Å²) in [5.41, 5.74) is -1.32. The molecule has 76 valence electrons. The number of hydrogen-bond acceptors (Lipinski definition) is 3. The van der Waals surface area contributed by atoms with Crippen molar-refractivity contribution in [1.29, 1.82) is 0 Å². The molecule has 4 nitrogen and oxygen atoms in total. The van der Waals surface area contributed by atoms with Gasteiger partial charge in [-0.3, -0.25) is 4.98 Å². The molecule has 2 N–H and O–H groups in total. The molecule has 0 bridgehead atoms. The first-order valence-corrected chi connectivity index (χ1v) is 4.13. The van der Waals surface area contributed by atoms with E-state index >= 15 is 0 Å². The summed E-state index contributed by atoms with van der Waals surface area (Å²) in [5.74, 6) is -2.16. The molecule has 0 unspecified atom stereocenters. The molecule has 0 aromatic carbocycles. The summed E-state index contributed by atoms with van der Waals surface area (Å²) in [5, 5.41) is 17.6. The minimum Gasteiger partial charge on any atom is -0.505 e. The minimum atomic E-state index is -2.90. The highest BCUT2D eigenvalue weighted by Crippen LogP contribution is 2.32. The van der Waals surface area contributed by atoms with Crippen LogP contribution in [0.3, 0.4) is 0 Å². The molecule has 14 heavy (non-hydrogen) atoms. The van der Waals surface area contributed by atoms with E-state index in [0.29, 0.717) is 6.20 Å². The van der Waals surface area contributed by atoms with Crippen LogP contribution in [0, 0.1) is 0 Å². The highest BCUT2D eigenvalue weighted by Gasteiger charge is 2.22. The van der Waals surface area contributed by atoms with Crippen LogP contribution in [0.5, 0.6) is 5.75 Å². The number of hydrogen-bond donors (Lipinski definition) is 2. The lowest BCUT2D eigenvalue weighted by Crippen LogP contribution is -2.03. The highest BCUT2D eigenvalue weighted by molar-refractivity contribution is 9.10. The zero-order chi connectivity index (χ0) is 10.9. The first-order valence-electron chi connectivity index (χ1n) is 3.34. The number of carboxylic acids is 1. The molecule has 0 aliphatic rings. The van der Waals surface area contributed by atoms with E-state index in [1.165, 1.54) is 0 Å². The molecule has 7 heteroatoms. The Bertz CT molecular complexity index is 383. The predicted octanol–water partition coefficient (Wildman–Crippen LogP) is 2.19. The smallest absolute Gasteiger partial charge is 0.340 e. The van der Waals surface area contributed by atoms with Gasteiger partial charge in [-0.25, -0.2) is 13.6 Å². The number of aromatic nitrogens is 1. The van der Waals surface area contributed by atoms with Crippen molar-refractivity contribution in [2.24, 2.45) is 0 Å². The second-order valence-corrected chi connectivity index (χ2v) is 3.12. The van der Waals surface area contributed by atoms with Crippen LogP contribution in [0.1, 0.15) is 22.5 Å². The summed E-state index contributed by atoms with van der Waals surface area (Å²) in [6, 6.07) is 0. The normalized spacial score (nSPS) is 10.6. The van der Waals surface area contributed by atoms with Crippen molar-refractivity contribution in [3.8, 4) is 5.75 Å². The fourth-order valence-corrected chi connectivity index (χ4v) is 1.50. The number of pyridine rings is 1. The molecular weight excluding hydrogens is 264 g/mol. The zero-order valence-corrected chi connectivity index (χ0v) is 8.12. The molecule has 0 fully saturated rings. The van der Waals surface area contributed by atoms with Crippen molar-refractivity contribution in [2.45, 2.75) is 6.43 Å². The number of alkyl halides is 2. The summed E-state index contributed by atoms with van der Waals surface area (Å²) in [7, 11) is 0. The van der Waals surface area contributed by atoms with Gasteiger partial charge in [-0.15, -0.1) is 0 Å². The Hall–Kier alpha value is -1.24. The van der Waals surface area contributed by atoms with Crippen LogP contribution in [0.4, 0.5) is 8.78 Å². The van der Waals surface area contributed by atoms with E-state index in [9.17, 15) is 13.6 Å². The topological polar surface area (TPSA) is 70.4 Å². The summed E-state index contributed by atoms with van der Waals surface area (Å²) in [6.45, 7) is 0. The van der Waals surface area contributed by atoms with Crippen molar-refractivity contribution >= 4 is 21.9 Å². The minimum absolute atomic E-state index is 0.403. The van der Waals surface area contributed by atoms with E-state index in [-0.39, 0.29) is 0 Å². The van der Waals surface area contributed by atoms with Crippen LogP contribution in [0.15, 0.2) is 10.7 Å². The number of rotatable bonds is 2. The Labute approximate surface area is 85.3 Å². The first-order chi connectivity index (χ1) is 6.45. The number of aromatic carboxylic acids is 1. The molecule has 0 radical (unpaired) electrons.